The number of nitriles is 1. The smallest absolute Gasteiger partial charge is 0.271 e. The number of carbonyl (C=O) groups excluding carboxylic acids is 8. The number of benzene rings is 2. The molecule has 4 aliphatic rings. The zero-order chi connectivity index (χ0) is 62.1. The number of carboxylic acid groups (broad SMARTS) is 1. The Hall–Kier alpha value is -7.08. The standard InChI is InChI=1S/C56H77FN12O14Si.Ga/c1-55(2,3)84(57,56(4,5)6)40-13-10-37(11-14-40)51(76)60-31-43(52(77)59-18-8-28-81-39-12-15-42-41(29-39)50(63-36-62-42)53(78)61-32-46(71)69-19-7-9-38(69)30-58)64-45(70)17-16-44(54(79)80)68-26-24-66-22-20-65(33-47(72)73)21-23-67(25-27-68)35-49(75)83-82-48(74)34-66;/h10-15,29,36,38,43-44H,7-9,16-28,31-35H2,1-6H3,(H,59,77)(H,60,76)(H,61,78)(H,64,70)(H,72,73)(H,79,80);/q;+1/p-1/t38-,43+,44+;/m0./s1. The summed E-state index contributed by atoms with van der Waals surface area (Å²) in [6, 6.07) is 10.1. The molecule has 1 aromatic heterocycles. The fourth-order valence-electron chi connectivity index (χ4n) is 10.9. The van der Waals surface area contributed by atoms with Gasteiger partial charge in [0.2, 0.25) is 17.7 Å². The number of aliphatic carboxylic acids is 1. The molecule has 29 heteroatoms. The predicted molar refractivity (Wildman–Crippen MR) is 308 cm³/mol. The zero-order valence-corrected chi connectivity index (χ0v) is 52.4. The zero-order valence-electron chi connectivity index (χ0n) is 49.0. The van der Waals surface area contributed by atoms with Crippen molar-refractivity contribution < 1.29 is 70.4 Å². The number of nitrogens with zero attached hydrogens (tertiary/aromatic N) is 8. The van der Waals surface area contributed by atoms with Crippen molar-refractivity contribution in [3.05, 3.63) is 60.0 Å². The quantitative estimate of drug-likeness (QED) is 0.0419. The van der Waals surface area contributed by atoms with E-state index in [1.165, 1.54) is 23.4 Å². The van der Waals surface area contributed by atoms with Crippen LogP contribution >= 0.6 is 0 Å². The molecule has 5 heterocycles. The van der Waals surface area contributed by atoms with E-state index in [0.717, 1.165) is 19.0 Å². The van der Waals surface area contributed by atoms with Crippen molar-refractivity contribution in [3.8, 4) is 11.8 Å². The van der Waals surface area contributed by atoms with E-state index in [2.05, 4.69) is 37.3 Å². The Morgan fingerprint density at radius 2 is 1.48 bits per heavy atom. The van der Waals surface area contributed by atoms with Gasteiger partial charge in [-0.25, -0.2) is 9.97 Å². The van der Waals surface area contributed by atoms with Gasteiger partial charge >= 0.3 is 175 Å². The minimum absolute atomic E-state index is 0.000571. The minimum Gasteiger partial charge on any atom is -0.494 e. The summed E-state index contributed by atoms with van der Waals surface area (Å²) >= 11 is 0.793. The van der Waals surface area contributed by atoms with E-state index < -0.39 is 90.7 Å². The topological polar surface area (TPSA) is 325 Å². The average molecular weight is 1260 g/mol. The molecule has 26 nitrogen and oxygen atoms in total. The summed E-state index contributed by atoms with van der Waals surface area (Å²) in [4.78, 5) is 145. The maximum atomic E-state index is 17.1. The molecule has 4 saturated heterocycles. The summed E-state index contributed by atoms with van der Waals surface area (Å²) in [5.41, 5.74) is 0.614. The number of likely N-dealkylation sites (tertiary alicyclic amines) is 1. The second-order valence-electron chi connectivity index (χ2n) is 23.2. The molecule has 85 heavy (non-hydrogen) atoms. The Kier molecular flexibility index (Phi) is 24.3. The van der Waals surface area contributed by atoms with Crippen LogP contribution in [0.1, 0.15) is 94.5 Å². The molecule has 3 aromatic rings. The number of fused-ring (bicyclic) bond motifs is 14. The van der Waals surface area contributed by atoms with Crippen LogP contribution in [-0.4, -0.2) is 243 Å². The fourth-order valence-corrected chi connectivity index (χ4v) is 15.6. The summed E-state index contributed by atoms with van der Waals surface area (Å²) in [6.45, 7) is 11.9. The van der Waals surface area contributed by atoms with Crippen molar-refractivity contribution in [2.75, 3.05) is 105 Å². The molecule has 5 N–H and O–H groups in total. The number of hydrogen-bond donors (Lipinski definition) is 5. The van der Waals surface area contributed by atoms with Crippen LogP contribution in [0.4, 0.5) is 4.11 Å². The summed E-state index contributed by atoms with van der Waals surface area (Å²) in [5, 5.41) is 30.3. The van der Waals surface area contributed by atoms with Crippen molar-refractivity contribution in [1.29, 1.82) is 5.26 Å². The second-order valence-corrected chi connectivity index (χ2v) is 28.6. The number of carboxylic acids is 1. The Morgan fingerprint density at radius 3 is 2.08 bits per heavy atom. The van der Waals surface area contributed by atoms with Crippen LogP contribution in [-0.2, 0) is 46.9 Å². The number of nitrogens with one attached hydrogen (secondary N) is 4. The Labute approximate surface area is 504 Å². The van der Waals surface area contributed by atoms with Crippen LogP contribution < -0.4 is 31.2 Å². The second kappa shape index (κ2) is 30.8. The molecule has 0 saturated carbocycles. The number of amides is 5. The normalized spacial score (nSPS) is 19.3. The molecule has 4 aliphatic heterocycles. The number of ether oxygens (including phenoxy) is 1. The van der Waals surface area contributed by atoms with Gasteiger partial charge in [-0.3, -0.25) is 28.8 Å². The van der Waals surface area contributed by atoms with Gasteiger partial charge in [-0.05, 0) is 64.9 Å². The summed E-state index contributed by atoms with van der Waals surface area (Å²) in [6.07, 6.45) is 2.11. The van der Waals surface area contributed by atoms with E-state index in [1.807, 2.05) is 46.4 Å². The van der Waals surface area contributed by atoms with Crippen LogP contribution in [0.3, 0.4) is 0 Å². The Balaban J connectivity index is 1.13. The van der Waals surface area contributed by atoms with Gasteiger partial charge in [0.15, 0.2) is 0 Å². The van der Waals surface area contributed by atoms with E-state index in [4.69, 9.17) is 18.0 Å². The molecule has 7 rings (SSSR count). The molecule has 5 atom stereocenters. The van der Waals surface area contributed by atoms with Crippen molar-refractivity contribution in [3.63, 3.8) is 0 Å². The first-order chi connectivity index (χ1) is 40.3. The maximum Gasteiger partial charge on any atom is 0.271 e. The van der Waals surface area contributed by atoms with Gasteiger partial charge in [-0.15, -0.1) is 0 Å². The number of hydrogen-bond acceptors (Lipinski definition) is 20. The van der Waals surface area contributed by atoms with Crippen LogP contribution in [0.5, 0.6) is 5.75 Å². The molecule has 0 aliphatic carbocycles. The van der Waals surface area contributed by atoms with Crippen molar-refractivity contribution in [2.45, 2.75) is 102 Å². The molecular formula is C56H76FGaN12O14Si. The summed E-state index contributed by atoms with van der Waals surface area (Å²) in [7, 11) is -3.67. The Bertz CT molecular complexity index is 2900. The van der Waals surface area contributed by atoms with Gasteiger partial charge in [0, 0.05) is 37.0 Å². The fraction of sp³-hybridized carbons (Fsp3) is 0.571. The van der Waals surface area contributed by atoms with Crippen LogP contribution in [0.15, 0.2) is 48.8 Å². The van der Waals surface area contributed by atoms with Gasteiger partial charge < -0.3 is 40.1 Å². The number of aromatic nitrogens is 2. The molecule has 2 aromatic carbocycles. The SMILES string of the molecule is CC(C)(C)[Si](F)(c1ccc(C(=O)NC[C@@H](NC(=O)CC[C@H](C(=O)O)N2CCN3CCN(CC(=O)[O][Ga])CCN(CC2)CC(=O)OOC(=O)C3)C(=O)NCCCOc2ccc3ncnc(C(=O)NCC(=O)N4CCC[C@H]4C#N)c3c2)cc1)C(C)(C)C. The van der Waals surface area contributed by atoms with Gasteiger partial charge in [0.05, 0.1) is 24.7 Å². The van der Waals surface area contributed by atoms with E-state index in [9.17, 15) is 53.5 Å². The van der Waals surface area contributed by atoms with Crippen molar-refractivity contribution in [2.24, 2.45) is 0 Å². The maximum absolute atomic E-state index is 17.1. The molecule has 4 fully saturated rings. The molecular weight excluding hydrogens is 1180 g/mol. The van der Waals surface area contributed by atoms with Gasteiger partial charge in [0.25, 0.3) is 20.2 Å². The van der Waals surface area contributed by atoms with E-state index in [0.29, 0.717) is 54.3 Å². The first kappa shape index (κ1) is 67.1. The third-order valence-corrected chi connectivity index (χ3v) is 21.0. The van der Waals surface area contributed by atoms with Crippen molar-refractivity contribution >= 4 is 96.9 Å². The van der Waals surface area contributed by atoms with E-state index in [1.54, 1.807) is 45.0 Å². The molecule has 5 amide bonds. The molecule has 2 radical (unpaired) electrons. The van der Waals surface area contributed by atoms with Gasteiger partial charge in [-0.1, -0.05) is 53.7 Å². The third-order valence-electron chi connectivity index (χ3n) is 15.2. The Morgan fingerprint density at radius 1 is 0.847 bits per heavy atom. The number of halogens is 1. The first-order valence-corrected chi connectivity index (χ1v) is 31.1. The number of carbonyl (C=O) groups is 9. The van der Waals surface area contributed by atoms with Crippen LogP contribution in [0.25, 0.3) is 10.9 Å². The van der Waals surface area contributed by atoms with Crippen molar-refractivity contribution in [1.82, 2.24) is 55.7 Å². The van der Waals surface area contributed by atoms with Gasteiger partial charge in [0.1, 0.15) is 29.9 Å². The predicted octanol–water partition coefficient (Wildman–Crippen LogP) is 0.493. The molecule has 2 unspecified atom stereocenters. The monoisotopic (exact) mass is 1260 g/mol. The third kappa shape index (κ3) is 18.7. The van der Waals surface area contributed by atoms with Crippen LogP contribution in [0.2, 0.25) is 10.1 Å². The summed E-state index contributed by atoms with van der Waals surface area (Å²) < 4.78 is 28.0. The molecule has 458 valence electrons. The van der Waals surface area contributed by atoms with Gasteiger partial charge in [-0.2, -0.15) is 5.26 Å². The number of rotatable bonds is 21. The van der Waals surface area contributed by atoms with Crippen LogP contribution in [0, 0.1) is 11.3 Å². The van der Waals surface area contributed by atoms with E-state index in [-0.39, 0.29) is 115 Å². The largest absolute Gasteiger partial charge is 0.494 e. The average Bonchev–Trinajstić information content (AvgIpc) is 1.57. The summed E-state index contributed by atoms with van der Waals surface area (Å²) in [5.74, 6) is -6.09. The minimum atomic E-state index is -3.67. The first-order valence-electron chi connectivity index (χ1n) is 28.2. The van der Waals surface area contributed by atoms with E-state index >= 15 is 4.11 Å². The molecule has 0 spiro atoms. The molecule has 2 bridgehead atoms.